The molecule has 0 amide bonds. The van der Waals surface area contributed by atoms with Gasteiger partial charge in [0.05, 0.1) is 0 Å². The Balaban J connectivity index is 2.69. The summed E-state index contributed by atoms with van der Waals surface area (Å²) in [5.41, 5.74) is 0.859. The summed E-state index contributed by atoms with van der Waals surface area (Å²) in [6.45, 7) is 1.93. The van der Waals surface area contributed by atoms with Gasteiger partial charge in [0, 0.05) is 18.8 Å². The van der Waals surface area contributed by atoms with Crippen LogP contribution < -0.4 is 0 Å². The van der Waals surface area contributed by atoms with Crippen molar-refractivity contribution >= 4 is 12.1 Å². The molecule has 1 aromatic carbocycles. The third kappa shape index (κ3) is 3.38. The fraction of sp³-hybridized carbons (Fsp3) is 0.167. The molecule has 0 bridgehead atoms. The van der Waals surface area contributed by atoms with Crippen LogP contribution in [-0.2, 0) is 0 Å². The van der Waals surface area contributed by atoms with Crippen molar-refractivity contribution in [1.29, 1.82) is 5.41 Å². The van der Waals surface area contributed by atoms with Gasteiger partial charge in [0.25, 0.3) is 0 Å². The van der Waals surface area contributed by atoms with Gasteiger partial charge in [0.15, 0.2) is 0 Å². The normalized spacial score (nSPS) is 11.1. The highest BCUT2D eigenvalue weighted by atomic mass is 15.4. The number of nitrogens with zero attached hydrogens (tertiary/aromatic N) is 2. The van der Waals surface area contributed by atoms with Gasteiger partial charge in [-0.25, -0.2) is 0 Å². The highest BCUT2D eigenvalue weighted by molar-refractivity contribution is 5.96. The summed E-state index contributed by atoms with van der Waals surface area (Å²) < 4.78 is 0. The van der Waals surface area contributed by atoms with Crippen LogP contribution >= 0.6 is 0 Å². The van der Waals surface area contributed by atoms with Crippen molar-refractivity contribution in [2.75, 3.05) is 7.05 Å². The number of hydrogen-bond donors (Lipinski definition) is 1. The van der Waals surface area contributed by atoms with Crippen LogP contribution in [0.3, 0.4) is 0 Å². The molecule has 3 nitrogen and oxygen atoms in total. The lowest BCUT2D eigenvalue weighted by molar-refractivity contribution is 0.545. The van der Waals surface area contributed by atoms with E-state index in [1.54, 1.807) is 13.3 Å². The molecule has 0 atom stereocenters. The maximum absolute atomic E-state index is 7.86. The average molecular weight is 201 g/mol. The lowest BCUT2D eigenvalue weighted by atomic mass is 10.2. The molecule has 0 aromatic heterocycles. The van der Waals surface area contributed by atoms with Gasteiger partial charge in [-0.1, -0.05) is 36.4 Å². The van der Waals surface area contributed by atoms with Crippen LogP contribution in [0.5, 0.6) is 0 Å². The van der Waals surface area contributed by atoms with Crippen LogP contribution in [0.1, 0.15) is 12.5 Å². The molecule has 78 valence electrons. The first-order chi connectivity index (χ1) is 7.25. The Labute approximate surface area is 90.2 Å². The molecule has 0 fully saturated rings. The first-order valence-corrected chi connectivity index (χ1v) is 4.78. The van der Waals surface area contributed by atoms with Crippen molar-refractivity contribution in [3.8, 4) is 0 Å². The molecule has 1 rings (SSSR count). The van der Waals surface area contributed by atoms with E-state index in [1.807, 2.05) is 49.4 Å². The SMILES string of the molecule is C/C=C\C=N/N(C)C(=N)c1ccccc1. The largest absolute Gasteiger partial charge is 0.283 e. The number of hydrogen-bond acceptors (Lipinski definition) is 2. The van der Waals surface area contributed by atoms with Crippen molar-refractivity contribution in [2.45, 2.75) is 6.92 Å². The predicted octanol–water partition coefficient (Wildman–Crippen LogP) is 2.51. The van der Waals surface area contributed by atoms with Crippen molar-refractivity contribution < 1.29 is 0 Å². The minimum absolute atomic E-state index is 0.386. The van der Waals surface area contributed by atoms with Gasteiger partial charge in [0.1, 0.15) is 5.84 Å². The topological polar surface area (TPSA) is 39.5 Å². The Morgan fingerprint density at radius 1 is 1.33 bits per heavy atom. The maximum Gasteiger partial charge on any atom is 0.148 e. The second-order valence-corrected chi connectivity index (χ2v) is 3.03. The Morgan fingerprint density at radius 3 is 2.60 bits per heavy atom. The second-order valence-electron chi connectivity index (χ2n) is 3.03. The molecule has 0 aliphatic carbocycles. The lowest BCUT2D eigenvalue weighted by Gasteiger charge is -2.13. The first kappa shape index (κ1) is 11.2. The smallest absolute Gasteiger partial charge is 0.148 e. The van der Waals surface area contributed by atoms with Crippen molar-refractivity contribution in [3.63, 3.8) is 0 Å². The molecule has 0 aliphatic rings. The molecule has 15 heavy (non-hydrogen) atoms. The Morgan fingerprint density at radius 2 is 2.00 bits per heavy atom. The van der Waals surface area contributed by atoms with E-state index in [-0.39, 0.29) is 0 Å². The summed E-state index contributed by atoms with van der Waals surface area (Å²) in [5, 5.41) is 13.5. The van der Waals surface area contributed by atoms with Gasteiger partial charge in [-0.2, -0.15) is 5.10 Å². The van der Waals surface area contributed by atoms with Gasteiger partial charge in [-0.05, 0) is 13.0 Å². The van der Waals surface area contributed by atoms with Crippen LogP contribution in [0, 0.1) is 5.41 Å². The Hall–Kier alpha value is -1.90. The van der Waals surface area contributed by atoms with Crippen LogP contribution in [0.15, 0.2) is 47.6 Å². The lowest BCUT2D eigenvalue weighted by Crippen LogP contribution is -2.21. The molecule has 3 heteroatoms. The molecule has 0 spiro atoms. The predicted molar refractivity (Wildman–Crippen MR) is 64.3 cm³/mol. The highest BCUT2D eigenvalue weighted by Gasteiger charge is 2.03. The number of amidine groups is 1. The molecule has 0 saturated heterocycles. The quantitative estimate of drug-likeness (QED) is 0.455. The Kier molecular flexibility index (Phi) is 4.29. The van der Waals surface area contributed by atoms with Crippen molar-refractivity contribution in [1.82, 2.24) is 5.01 Å². The van der Waals surface area contributed by atoms with E-state index >= 15 is 0 Å². The summed E-state index contributed by atoms with van der Waals surface area (Å²) >= 11 is 0. The van der Waals surface area contributed by atoms with Crippen molar-refractivity contribution in [2.24, 2.45) is 5.10 Å². The molecule has 1 aromatic rings. The molecule has 0 radical (unpaired) electrons. The highest BCUT2D eigenvalue weighted by Crippen LogP contribution is 2.02. The molecule has 0 aliphatic heterocycles. The summed E-state index contributed by atoms with van der Waals surface area (Å²) in [7, 11) is 1.76. The zero-order chi connectivity index (χ0) is 11.1. The first-order valence-electron chi connectivity index (χ1n) is 4.78. The van der Waals surface area contributed by atoms with Gasteiger partial charge >= 0.3 is 0 Å². The van der Waals surface area contributed by atoms with Gasteiger partial charge in [-0.15, -0.1) is 0 Å². The molecular weight excluding hydrogens is 186 g/mol. The van der Waals surface area contributed by atoms with Crippen LogP contribution in [0.4, 0.5) is 0 Å². The number of allylic oxidation sites excluding steroid dienone is 2. The minimum Gasteiger partial charge on any atom is -0.283 e. The number of nitrogens with one attached hydrogen (secondary N) is 1. The third-order valence-corrected chi connectivity index (χ3v) is 1.89. The fourth-order valence-corrected chi connectivity index (χ4v) is 1.07. The van der Waals surface area contributed by atoms with Gasteiger partial charge in [-0.3, -0.25) is 10.4 Å². The number of benzene rings is 1. The molecular formula is C12H15N3. The van der Waals surface area contributed by atoms with Crippen LogP contribution in [-0.4, -0.2) is 24.1 Å². The van der Waals surface area contributed by atoms with E-state index in [0.717, 1.165) is 5.56 Å². The zero-order valence-corrected chi connectivity index (χ0v) is 9.01. The number of rotatable bonds is 3. The van der Waals surface area contributed by atoms with E-state index in [0.29, 0.717) is 5.84 Å². The van der Waals surface area contributed by atoms with E-state index in [1.165, 1.54) is 5.01 Å². The summed E-state index contributed by atoms with van der Waals surface area (Å²) in [4.78, 5) is 0. The molecule has 0 heterocycles. The van der Waals surface area contributed by atoms with Crippen molar-refractivity contribution in [3.05, 3.63) is 48.0 Å². The number of hydrazone groups is 1. The zero-order valence-electron chi connectivity index (χ0n) is 9.01. The summed E-state index contributed by atoms with van der Waals surface area (Å²) in [5.74, 6) is 0.386. The molecule has 0 saturated carbocycles. The average Bonchev–Trinajstić information content (AvgIpc) is 2.29. The summed E-state index contributed by atoms with van der Waals surface area (Å²) in [6, 6.07) is 9.54. The van der Waals surface area contributed by atoms with Gasteiger partial charge in [0.2, 0.25) is 0 Å². The third-order valence-electron chi connectivity index (χ3n) is 1.89. The van der Waals surface area contributed by atoms with Gasteiger partial charge < -0.3 is 0 Å². The summed E-state index contributed by atoms with van der Waals surface area (Å²) in [6.07, 6.45) is 5.38. The Bertz CT molecular complexity index is 366. The van der Waals surface area contributed by atoms with Crippen LogP contribution in [0.2, 0.25) is 0 Å². The fourth-order valence-electron chi connectivity index (χ4n) is 1.07. The monoisotopic (exact) mass is 201 g/mol. The standard InChI is InChI=1S/C12H15N3/c1-3-4-10-14-15(2)12(13)11-8-6-5-7-9-11/h3-10,13H,1-2H3/b4-3-,13-12?,14-10-. The molecule has 1 N–H and O–H groups in total. The minimum atomic E-state index is 0.386. The molecule has 0 unspecified atom stereocenters. The van der Waals surface area contributed by atoms with E-state index in [2.05, 4.69) is 5.10 Å². The van der Waals surface area contributed by atoms with Crippen LogP contribution in [0.25, 0.3) is 0 Å². The van der Waals surface area contributed by atoms with E-state index in [4.69, 9.17) is 5.41 Å². The maximum atomic E-state index is 7.86. The van der Waals surface area contributed by atoms with E-state index in [9.17, 15) is 0 Å². The second kappa shape index (κ2) is 5.75. The van der Waals surface area contributed by atoms with E-state index < -0.39 is 0 Å².